The molecule has 4 heterocycles. The topological polar surface area (TPSA) is 88.8 Å². The number of imidazole rings is 1. The van der Waals surface area contributed by atoms with E-state index in [0.717, 1.165) is 18.8 Å². The maximum absolute atomic E-state index is 12.3. The molecule has 1 aliphatic rings. The van der Waals surface area contributed by atoms with Gasteiger partial charge in [-0.15, -0.1) is 10.2 Å². The first-order valence-electron chi connectivity index (χ1n) is 8.14. The summed E-state index contributed by atoms with van der Waals surface area (Å²) in [5.41, 5.74) is 1.31. The molecule has 0 unspecified atom stereocenters. The molecule has 0 atom stereocenters. The van der Waals surface area contributed by atoms with Crippen molar-refractivity contribution >= 4 is 17.4 Å². The smallest absolute Gasteiger partial charge is 0.277 e. The molecule has 25 heavy (non-hydrogen) atoms. The maximum Gasteiger partial charge on any atom is 0.277 e. The summed E-state index contributed by atoms with van der Waals surface area (Å²) in [5.74, 6) is 0.752. The van der Waals surface area contributed by atoms with Crippen molar-refractivity contribution in [3.63, 3.8) is 0 Å². The Morgan fingerprint density at radius 1 is 1.08 bits per heavy atom. The van der Waals surface area contributed by atoms with Crippen LogP contribution in [0.2, 0.25) is 0 Å². The summed E-state index contributed by atoms with van der Waals surface area (Å²) in [5, 5.41) is 10.7. The van der Waals surface area contributed by atoms with E-state index in [0.29, 0.717) is 11.6 Å². The summed E-state index contributed by atoms with van der Waals surface area (Å²) < 4.78 is 1.72. The lowest BCUT2D eigenvalue weighted by Crippen LogP contribution is -2.18. The Hall–Kier alpha value is -3.29. The van der Waals surface area contributed by atoms with Crippen LogP contribution in [0, 0.1) is 0 Å². The van der Waals surface area contributed by atoms with E-state index in [2.05, 4.69) is 30.4 Å². The van der Waals surface area contributed by atoms with Gasteiger partial charge in [0.05, 0.1) is 11.9 Å². The predicted molar refractivity (Wildman–Crippen MR) is 92.8 cm³/mol. The van der Waals surface area contributed by atoms with Crippen molar-refractivity contribution in [1.82, 2.24) is 24.7 Å². The number of carbonyl (C=O) groups is 1. The molecule has 8 heteroatoms. The molecule has 4 rings (SSSR count). The molecule has 1 saturated heterocycles. The lowest BCUT2D eigenvalue weighted by Gasteiger charge is -2.17. The third-order valence-corrected chi connectivity index (χ3v) is 4.11. The van der Waals surface area contributed by atoms with Crippen LogP contribution in [-0.4, -0.2) is 43.7 Å². The van der Waals surface area contributed by atoms with Crippen LogP contribution in [0.3, 0.4) is 0 Å². The first-order chi connectivity index (χ1) is 12.3. The Morgan fingerprint density at radius 3 is 2.60 bits per heavy atom. The Bertz CT molecular complexity index is 838. The zero-order valence-corrected chi connectivity index (χ0v) is 13.5. The number of rotatable bonds is 4. The first kappa shape index (κ1) is 15.3. The van der Waals surface area contributed by atoms with Gasteiger partial charge in [-0.3, -0.25) is 9.36 Å². The van der Waals surface area contributed by atoms with Gasteiger partial charge in [0.2, 0.25) is 0 Å². The molecule has 1 N–H and O–H groups in total. The Morgan fingerprint density at radius 2 is 1.96 bits per heavy atom. The molecule has 0 aliphatic carbocycles. The van der Waals surface area contributed by atoms with Crippen LogP contribution in [0.15, 0.2) is 49.2 Å². The highest BCUT2D eigenvalue weighted by Gasteiger charge is 2.13. The molecule has 1 fully saturated rings. The van der Waals surface area contributed by atoms with E-state index in [-0.39, 0.29) is 11.6 Å². The van der Waals surface area contributed by atoms with Crippen molar-refractivity contribution in [3.8, 4) is 5.82 Å². The normalized spacial score (nSPS) is 13.8. The van der Waals surface area contributed by atoms with Crippen LogP contribution in [0.25, 0.3) is 5.82 Å². The van der Waals surface area contributed by atoms with Gasteiger partial charge in [0.25, 0.3) is 5.91 Å². The third-order valence-electron chi connectivity index (χ3n) is 4.11. The number of aromatic nitrogens is 5. The molecule has 0 spiro atoms. The average Bonchev–Trinajstić information content (AvgIpc) is 3.36. The SMILES string of the molecule is O=C(Nc1ccc(N2CCCC2)cn1)c1ccc(-n2ccnc2)nn1. The summed E-state index contributed by atoms with van der Waals surface area (Å²) in [7, 11) is 0. The predicted octanol–water partition coefficient (Wildman–Crippen LogP) is 1.91. The van der Waals surface area contributed by atoms with Gasteiger partial charge in [-0.25, -0.2) is 9.97 Å². The number of pyridine rings is 1. The van der Waals surface area contributed by atoms with E-state index < -0.39 is 0 Å². The largest absolute Gasteiger partial charge is 0.370 e. The maximum atomic E-state index is 12.3. The number of carbonyl (C=O) groups excluding carboxylic acids is 1. The number of hydrogen-bond acceptors (Lipinski definition) is 6. The molecule has 0 bridgehead atoms. The second kappa shape index (κ2) is 6.68. The molecule has 8 nitrogen and oxygen atoms in total. The molecule has 0 saturated carbocycles. The summed E-state index contributed by atoms with van der Waals surface area (Å²) >= 11 is 0. The molecule has 126 valence electrons. The van der Waals surface area contributed by atoms with Crippen LogP contribution in [0.4, 0.5) is 11.5 Å². The summed E-state index contributed by atoms with van der Waals surface area (Å²) in [6.45, 7) is 2.12. The Kier molecular flexibility index (Phi) is 4.07. The first-order valence-corrected chi connectivity index (χ1v) is 8.14. The molecule has 3 aromatic rings. The number of nitrogens with one attached hydrogen (secondary N) is 1. The number of anilines is 2. The van der Waals surface area contributed by atoms with Crippen molar-refractivity contribution in [1.29, 1.82) is 0 Å². The fourth-order valence-corrected chi connectivity index (χ4v) is 2.78. The summed E-state index contributed by atoms with van der Waals surface area (Å²) in [6, 6.07) is 7.12. The molecule has 0 radical (unpaired) electrons. The summed E-state index contributed by atoms with van der Waals surface area (Å²) in [6.07, 6.45) is 9.25. The minimum absolute atomic E-state index is 0.231. The van der Waals surface area contributed by atoms with E-state index in [1.165, 1.54) is 12.8 Å². The molecule has 0 aromatic carbocycles. The molecule has 1 aliphatic heterocycles. The van der Waals surface area contributed by atoms with Crippen LogP contribution < -0.4 is 10.2 Å². The van der Waals surface area contributed by atoms with Crippen molar-refractivity contribution < 1.29 is 4.79 Å². The van der Waals surface area contributed by atoms with Gasteiger partial charge >= 0.3 is 0 Å². The standard InChI is InChI=1S/C17H17N7O/c25-17(14-4-6-16(22-21-14)24-10-7-18-12-24)20-15-5-3-13(11-19-15)23-8-1-2-9-23/h3-7,10-12H,1-2,8-9H2,(H,19,20,25). The number of amides is 1. The molecular formula is C17H17N7O. The second-order valence-corrected chi connectivity index (χ2v) is 5.80. The Labute approximate surface area is 144 Å². The van der Waals surface area contributed by atoms with Gasteiger partial charge in [-0.1, -0.05) is 0 Å². The second-order valence-electron chi connectivity index (χ2n) is 5.80. The molecule has 3 aromatic heterocycles. The Balaban J connectivity index is 1.42. The van der Waals surface area contributed by atoms with Gasteiger partial charge in [0.1, 0.15) is 12.1 Å². The van der Waals surface area contributed by atoms with Gasteiger partial charge in [-0.2, -0.15) is 0 Å². The van der Waals surface area contributed by atoms with E-state index >= 15 is 0 Å². The lowest BCUT2D eigenvalue weighted by atomic mass is 10.3. The van der Waals surface area contributed by atoms with E-state index in [4.69, 9.17) is 0 Å². The van der Waals surface area contributed by atoms with Crippen LogP contribution in [0.1, 0.15) is 23.3 Å². The molecule has 1 amide bonds. The zero-order valence-electron chi connectivity index (χ0n) is 13.5. The quantitative estimate of drug-likeness (QED) is 0.783. The van der Waals surface area contributed by atoms with E-state index in [1.807, 2.05) is 6.07 Å². The highest BCUT2D eigenvalue weighted by atomic mass is 16.2. The number of nitrogens with zero attached hydrogens (tertiary/aromatic N) is 6. The van der Waals surface area contributed by atoms with Gasteiger partial charge < -0.3 is 10.2 Å². The lowest BCUT2D eigenvalue weighted by molar-refractivity contribution is 0.102. The highest BCUT2D eigenvalue weighted by Crippen LogP contribution is 2.20. The third kappa shape index (κ3) is 3.32. The highest BCUT2D eigenvalue weighted by molar-refractivity contribution is 6.02. The fourth-order valence-electron chi connectivity index (χ4n) is 2.78. The zero-order chi connectivity index (χ0) is 17.1. The van der Waals surface area contributed by atoms with Gasteiger partial charge in [-0.05, 0) is 37.1 Å². The van der Waals surface area contributed by atoms with Crippen molar-refractivity contribution in [2.45, 2.75) is 12.8 Å². The van der Waals surface area contributed by atoms with E-state index in [1.54, 1.807) is 47.7 Å². The van der Waals surface area contributed by atoms with Crippen LogP contribution >= 0.6 is 0 Å². The van der Waals surface area contributed by atoms with Crippen LogP contribution in [-0.2, 0) is 0 Å². The van der Waals surface area contributed by atoms with E-state index in [9.17, 15) is 4.79 Å². The average molecular weight is 335 g/mol. The van der Waals surface area contributed by atoms with Crippen LogP contribution in [0.5, 0.6) is 0 Å². The van der Waals surface area contributed by atoms with Gasteiger partial charge in [0, 0.05) is 25.5 Å². The van der Waals surface area contributed by atoms with Crippen molar-refractivity contribution in [3.05, 3.63) is 54.9 Å². The minimum Gasteiger partial charge on any atom is -0.370 e. The fraction of sp³-hybridized carbons (Fsp3) is 0.235. The van der Waals surface area contributed by atoms with Crippen molar-refractivity contribution in [2.24, 2.45) is 0 Å². The van der Waals surface area contributed by atoms with Crippen molar-refractivity contribution in [2.75, 3.05) is 23.3 Å². The number of hydrogen-bond donors (Lipinski definition) is 1. The van der Waals surface area contributed by atoms with Gasteiger partial charge in [0.15, 0.2) is 11.5 Å². The monoisotopic (exact) mass is 335 g/mol. The molecular weight excluding hydrogens is 318 g/mol. The minimum atomic E-state index is -0.342. The summed E-state index contributed by atoms with van der Waals surface area (Å²) in [4.78, 5) is 22.8.